The molecular formula is C18H20FN3O2. The van der Waals surface area contributed by atoms with Crippen molar-refractivity contribution in [2.45, 2.75) is 38.9 Å². The van der Waals surface area contributed by atoms with Gasteiger partial charge in [0.1, 0.15) is 5.82 Å². The van der Waals surface area contributed by atoms with E-state index in [1.807, 2.05) is 17.7 Å². The predicted molar refractivity (Wildman–Crippen MR) is 86.0 cm³/mol. The van der Waals surface area contributed by atoms with E-state index in [1.165, 1.54) is 6.07 Å². The van der Waals surface area contributed by atoms with Crippen LogP contribution in [0, 0.1) is 12.7 Å². The number of ether oxygens (including phenoxy) is 1. The van der Waals surface area contributed by atoms with Gasteiger partial charge in [0, 0.05) is 37.6 Å². The number of fused-ring (bicyclic) bond motifs is 1. The molecule has 1 aromatic heterocycles. The van der Waals surface area contributed by atoms with Gasteiger partial charge in [-0.3, -0.25) is 9.48 Å². The molecule has 0 saturated carbocycles. The minimum absolute atomic E-state index is 0.0820. The number of carbonyl (C=O) groups excluding carboxylic acids is 1. The van der Waals surface area contributed by atoms with Gasteiger partial charge in [-0.1, -0.05) is 12.1 Å². The van der Waals surface area contributed by atoms with Gasteiger partial charge < -0.3 is 9.64 Å². The molecule has 2 aliphatic rings. The Morgan fingerprint density at radius 2 is 2.08 bits per heavy atom. The van der Waals surface area contributed by atoms with E-state index < -0.39 is 0 Å². The van der Waals surface area contributed by atoms with E-state index in [-0.39, 0.29) is 17.8 Å². The molecule has 2 aliphatic heterocycles. The van der Waals surface area contributed by atoms with Crippen LogP contribution in [-0.2, 0) is 17.8 Å². The van der Waals surface area contributed by atoms with Gasteiger partial charge in [0.05, 0.1) is 17.8 Å². The van der Waals surface area contributed by atoms with E-state index in [0.717, 1.165) is 37.3 Å². The Kier molecular flexibility index (Phi) is 3.84. The van der Waals surface area contributed by atoms with Crippen LogP contribution in [0.2, 0.25) is 0 Å². The smallest absolute Gasteiger partial charge is 0.257 e. The maximum absolute atomic E-state index is 13.9. The van der Waals surface area contributed by atoms with E-state index >= 15 is 0 Å². The van der Waals surface area contributed by atoms with Crippen LogP contribution >= 0.6 is 0 Å². The van der Waals surface area contributed by atoms with Crippen LogP contribution in [0.25, 0.3) is 0 Å². The molecule has 3 heterocycles. The summed E-state index contributed by atoms with van der Waals surface area (Å²) in [6.07, 6.45) is 3.47. The lowest BCUT2D eigenvalue weighted by Crippen LogP contribution is -2.26. The van der Waals surface area contributed by atoms with Gasteiger partial charge in [-0.15, -0.1) is 0 Å². The Morgan fingerprint density at radius 3 is 2.83 bits per heavy atom. The fraction of sp³-hybridized carbons (Fsp3) is 0.444. The van der Waals surface area contributed by atoms with E-state index in [2.05, 4.69) is 5.10 Å². The van der Waals surface area contributed by atoms with Gasteiger partial charge in [0.15, 0.2) is 0 Å². The molecular weight excluding hydrogens is 309 g/mol. The summed E-state index contributed by atoms with van der Waals surface area (Å²) in [5.41, 5.74) is 3.00. The number of carbonyl (C=O) groups is 1. The lowest BCUT2D eigenvalue weighted by atomic mass is 10.1. The Balaban J connectivity index is 1.56. The number of hydrogen-bond donors (Lipinski definition) is 0. The predicted octanol–water partition coefficient (Wildman–Crippen LogP) is 2.84. The fourth-order valence-corrected chi connectivity index (χ4v) is 3.63. The molecule has 0 aliphatic carbocycles. The number of hydrogen-bond acceptors (Lipinski definition) is 3. The molecule has 0 atom stereocenters. The van der Waals surface area contributed by atoms with Crippen molar-refractivity contribution >= 4 is 5.91 Å². The first kappa shape index (κ1) is 15.3. The van der Waals surface area contributed by atoms with Crippen LogP contribution in [0.5, 0.6) is 0 Å². The molecule has 2 aromatic rings. The summed E-state index contributed by atoms with van der Waals surface area (Å²) in [4.78, 5) is 14.6. The minimum Gasteiger partial charge on any atom is -0.381 e. The van der Waals surface area contributed by atoms with Crippen molar-refractivity contribution in [1.29, 1.82) is 0 Å². The van der Waals surface area contributed by atoms with Crippen LogP contribution in [0.3, 0.4) is 0 Å². The average molecular weight is 329 g/mol. The Bertz CT molecular complexity index is 781. The van der Waals surface area contributed by atoms with Crippen LogP contribution in [-0.4, -0.2) is 33.8 Å². The summed E-state index contributed by atoms with van der Waals surface area (Å²) in [7, 11) is 0. The average Bonchev–Trinajstić information content (AvgIpc) is 3.20. The molecule has 6 heteroatoms. The molecule has 1 amide bonds. The third kappa shape index (κ3) is 2.51. The van der Waals surface area contributed by atoms with Crippen LogP contribution in [0.15, 0.2) is 24.4 Å². The molecule has 1 saturated heterocycles. The first-order valence-corrected chi connectivity index (χ1v) is 8.32. The number of rotatable bonds is 2. The second-order valence-corrected chi connectivity index (χ2v) is 6.47. The Hall–Kier alpha value is -2.21. The molecule has 0 bridgehead atoms. The molecule has 0 unspecified atom stereocenters. The summed E-state index contributed by atoms with van der Waals surface area (Å²) >= 11 is 0. The monoisotopic (exact) mass is 329 g/mol. The summed E-state index contributed by atoms with van der Waals surface area (Å²) in [5.74, 6) is -0.321. The summed E-state index contributed by atoms with van der Waals surface area (Å²) in [5, 5.41) is 4.44. The highest BCUT2D eigenvalue weighted by Crippen LogP contribution is 2.28. The summed E-state index contributed by atoms with van der Waals surface area (Å²) < 4.78 is 21.2. The number of aromatic nitrogens is 2. The second kappa shape index (κ2) is 6.02. The quantitative estimate of drug-likeness (QED) is 0.851. The van der Waals surface area contributed by atoms with Crippen molar-refractivity contribution in [2.24, 2.45) is 0 Å². The maximum atomic E-state index is 13.9. The Morgan fingerprint density at radius 1 is 1.29 bits per heavy atom. The highest BCUT2D eigenvalue weighted by molar-refractivity contribution is 5.95. The largest absolute Gasteiger partial charge is 0.381 e. The lowest BCUT2D eigenvalue weighted by Gasteiger charge is -2.24. The van der Waals surface area contributed by atoms with E-state index in [4.69, 9.17) is 4.74 Å². The Labute approximate surface area is 140 Å². The van der Waals surface area contributed by atoms with Crippen molar-refractivity contribution in [1.82, 2.24) is 14.7 Å². The van der Waals surface area contributed by atoms with Crippen LogP contribution < -0.4 is 0 Å². The number of amides is 1. The first-order valence-electron chi connectivity index (χ1n) is 8.32. The van der Waals surface area contributed by atoms with Gasteiger partial charge >= 0.3 is 0 Å². The minimum atomic E-state index is -0.238. The second-order valence-electron chi connectivity index (χ2n) is 6.47. The highest BCUT2D eigenvalue weighted by Gasteiger charge is 2.29. The SMILES string of the molecule is Cc1c(C(=O)N2Cc3cccc(F)c3C2)cnn1C1CCOCC1. The standard InChI is InChI=1S/C18H20FN3O2/c1-12-15(9-20-22(12)14-5-7-24-8-6-14)18(23)21-10-13-3-2-4-17(19)16(13)11-21/h2-4,9,14H,5-8,10-11H2,1H3. The lowest BCUT2D eigenvalue weighted by molar-refractivity contribution is 0.0655. The molecule has 0 radical (unpaired) electrons. The zero-order valence-corrected chi connectivity index (χ0v) is 13.7. The third-order valence-electron chi connectivity index (χ3n) is 5.03. The van der Waals surface area contributed by atoms with Crippen molar-refractivity contribution < 1.29 is 13.9 Å². The number of nitrogens with zero attached hydrogens (tertiary/aromatic N) is 3. The molecule has 4 rings (SSSR count). The number of benzene rings is 1. The first-order chi connectivity index (χ1) is 11.6. The van der Waals surface area contributed by atoms with Gasteiger partial charge in [-0.25, -0.2) is 4.39 Å². The van der Waals surface area contributed by atoms with Crippen molar-refractivity contribution in [3.63, 3.8) is 0 Å². The van der Waals surface area contributed by atoms with Gasteiger partial charge in [0.2, 0.25) is 0 Å². The van der Waals surface area contributed by atoms with Crippen molar-refractivity contribution in [2.75, 3.05) is 13.2 Å². The molecule has 0 spiro atoms. The molecule has 1 fully saturated rings. The topological polar surface area (TPSA) is 47.4 Å². The highest BCUT2D eigenvalue weighted by atomic mass is 19.1. The van der Waals surface area contributed by atoms with E-state index in [0.29, 0.717) is 24.2 Å². The van der Waals surface area contributed by atoms with E-state index in [9.17, 15) is 9.18 Å². The van der Waals surface area contributed by atoms with Gasteiger partial charge in [-0.2, -0.15) is 5.10 Å². The van der Waals surface area contributed by atoms with Crippen molar-refractivity contribution in [3.8, 4) is 0 Å². The molecule has 5 nitrogen and oxygen atoms in total. The zero-order chi connectivity index (χ0) is 16.7. The van der Waals surface area contributed by atoms with E-state index in [1.54, 1.807) is 17.2 Å². The summed E-state index contributed by atoms with van der Waals surface area (Å²) in [6.45, 7) is 4.16. The normalized spacial score (nSPS) is 18.0. The fourth-order valence-electron chi connectivity index (χ4n) is 3.63. The van der Waals surface area contributed by atoms with Crippen LogP contribution in [0.1, 0.15) is 46.1 Å². The molecule has 24 heavy (non-hydrogen) atoms. The van der Waals surface area contributed by atoms with Gasteiger partial charge in [-0.05, 0) is 31.4 Å². The summed E-state index contributed by atoms with van der Waals surface area (Å²) in [6, 6.07) is 5.30. The molecule has 1 aromatic carbocycles. The molecule has 126 valence electrons. The van der Waals surface area contributed by atoms with Crippen molar-refractivity contribution in [3.05, 3.63) is 52.6 Å². The van der Waals surface area contributed by atoms with Crippen LogP contribution in [0.4, 0.5) is 4.39 Å². The molecule has 0 N–H and O–H groups in total. The van der Waals surface area contributed by atoms with Gasteiger partial charge in [0.25, 0.3) is 5.91 Å². The number of halogens is 1. The maximum Gasteiger partial charge on any atom is 0.257 e. The zero-order valence-electron chi connectivity index (χ0n) is 13.7. The third-order valence-corrected chi connectivity index (χ3v) is 5.03.